The Morgan fingerprint density at radius 1 is 1.12 bits per heavy atom. The molecule has 0 amide bonds. The van der Waals surface area contributed by atoms with Crippen LogP contribution in [0.5, 0.6) is 0 Å². The number of sulfonamides is 1. The Labute approximate surface area is 141 Å². The van der Waals surface area contributed by atoms with Gasteiger partial charge in [-0.15, -0.1) is 0 Å². The van der Waals surface area contributed by atoms with Crippen LogP contribution in [0.15, 0.2) is 23.1 Å². The number of benzene rings is 1. The zero-order chi connectivity index (χ0) is 17.2. The number of hydrogen-bond donors (Lipinski definition) is 0. The van der Waals surface area contributed by atoms with Crippen molar-refractivity contribution in [3.05, 3.63) is 29.8 Å². The molecule has 134 valence electrons. The standard InChI is InChI=1S/C16H22F2N2O3S/c17-13-4-5-15(18)16(11-13)24(21,22)20-8-6-19(7-9-20)12-14-3-1-2-10-23-14/h4-5,11,14H,1-3,6-10,12H2/t14-/m0/s1. The molecular formula is C16H22F2N2O3S. The molecule has 5 nitrogen and oxygen atoms in total. The van der Waals surface area contributed by atoms with E-state index in [2.05, 4.69) is 4.90 Å². The average Bonchev–Trinajstić information content (AvgIpc) is 2.58. The first-order valence-corrected chi connectivity index (χ1v) is 9.70. The molecule has 0 bridgehead atoms. The van der Waals surface area contributed by atoms with Gasteiger partial charge in [0.25, 0.3) is 0 Å². The van der Waals surface area contributed by atoms with Crippen LogP contribution < -0.4 is 0 Å². The van der Waals surface area contributed by atoms with E-state index in [0.29, 0.717) is 13.1 Å². The van der Waals surface area contributed by atoms with Gasteiger partial charge in [0.15, 0.2) is 0 Å². The van der Waals surface area contributed by atoms with Gasteiger partial charge in [0.2, 0.25) is 10.0 Å². The van der Waals surface area contributed by atoms with Crippen LogP contribution in [0.25, 0.3) is 0 Å². The Kier molecular flexibility index (Phi) is 5.49. The SMILES string of the molecule is O=S(=O)(c1cc(F)ccc1F)N1CCN(C[C@@H]2CCCCO2)CC1. The third kappa shape index (κ3) is 3.93. The van der Waals surface area contributed by atoms with E-state index in [1.807, 2.05) is 0 Å². The highest BCUT2D eigenvalue weighted by molar-refractivity contribution is 7.89. The van der Waals surface area contributed by atoms with Crippen LogP contribution in [-0.2, 0) is 14.8 Å². The van der Waals surface area contributed by atoms with Gasteiger partial charge in [-0.05, 0) is 37.5 Å². The van der Waals surface area contributed by atoms with Crippen molar-refractivity contribution in [2.24, 2.45) is 0 Å². The first-order chi connectivity index (χ1) is 11.5. The van der Waals surface area contributed by atoms with E-state index in [1.165, 1.54) is 4.31 Å². The highest BCUT2D eigenvalue weighted by atomic mass is 32.2. The molecule has 0 saturated carbocycles. The molecule has 2 fully saturated rings. The lowest BCUT2D eigenvalue weighted by atomic mass is 10.1. The van der Waals surface area contributed by atoms with Crippen molar-refractivity contribution in [2.75, 3.05) is 39.3 Å². The summed E-state index contributed by atoms with van der Waals surface area (Å²) in [5.74, 6) is -1.68. The number of halogens is 2. The molecule has 2 aliphatic heterocycles. The summed E-state index contributed by atoms with van der Waals surface area (Å²) in [4.78, 5) is 1.58. The molecule has 1 aromatic rings. The Bertz CT molecular complexity index is 670. The second-order valence-corrected chi connectivity index (χ2v) is 8.17. The fraction of sp³-hybridized carbons (Fsp3) is 0.625. The lowest BCUT2D eigenvalue weighted by Crippen LogP contribution is -2.50. The van der Waals surface area contributed by atoms with Crippen LogP contribution in [-0.4, -0.2) is 63.1 Å². The molecule has 0 unspecified atom stereocenters. The number of piperazine rings is 1. The zero-order valence-corrected chi connectivity index (χ0v) is 14.3. The minimum absolute atomic E-state index is 0.211. The van der Waals surface area contributed by atoms with Crippen molar-refractivity contribution in [3.63, 3.8) is 0 Å². The van der Waals surface area contributed by atoms with Crippen LogP contribution in [0.4, 0.5) is 8.78 Å². The molecule has 0 N–H and O–H groups in total. The summed E-state index contributed by atoms with van der Waals surface area (Å²) in [6.07, 6.45) is 3.51. The minimum Gasteiger partial charge on any atom is -0.377 e. The second kappa shape index (κ2) is 7.43. The first-order valence-electron chi connectivity index (χ1n) is 8.26. The highest BCUT2D eigenvalue weighted by Gasteiger charge is 2.31. The van der Waals surface area contributed by atoms with E-state index in [-0.39, 0.29) is 19.2 Å². The van der Waals surface area contributed by atoms with Crippen LogP contribution in [0.3, 0.4) is 0 Å². The van der Waals surface area contributed by atoms with Gasteiger partial charge < -0.3 is 4.74 Å². The Morgan fingerprint density at radius 3 is 2.54 bits per heavy atom. The highest BCUT2D eigenvalue weighted by Crippen LogP contribution is 2.22. The Morgan fingerprint density at radius 2 is 1.88 bits per heavy atom. The lowest BCUT2D eigenvalue weighted by molar-refractivity contribution is -0.0103. The third-order valence-electron chi connectivity index (χ3n) is 4.58. The normalized spacial score (nSPS) is 24.2. The van der Waals surface area contributed by atoms with Crippen molar-refractivity contribution in [2.45, 2.75) is 30.3 Å². The summed E-state index contributed by atoms with van der Waals surface area (Å²) >= 11 is 0. The van der Waals surface area contributed by atoms with E-state index in [1.54, 1.807) is 0 Å². The summed E-state index contributed by atoms with van der Waals surface area (Å²) in [5, 5.41) is 0. The smallest absolute Gasteiger partial charge is 0.246 e. The van der Waals surface area contributed by atoms with Gasteiger partial charge in [-0.25, -0.2) is 17.2 Å². The largest absolute Gasteiger partial charge is 0.377 e. The summed E-state index contributed by atoms with van der Waals surface area (Å²) < 4.78 is 59.1. The molecule has 0 aliphatic carbocycles. The molecule has 2 heterocycles. The molecule has 1 atom stereocenters. The average molecular weight is 360 g/mol. The van der Waals surface area contributed by atoms with Crippen LogP contribution in [0.1, 0.15) is 19.3 Å². The van der Waals surface area contributed by atoms with E-state index in [4.69, 9.17) is 4.74 Å². The quantitative estimate of drug-likeness (QED) is 0.822. The number of hydrogen-bond acceptors (Lipinski definition) is 4. The minimum atomic E-state index is -4.01. The van der Waals surface area contributed by atoms with Crippen LogP contribution >= 0.6 is 0 Å². The van der Waals surface area contributed by atoms with Crippen molar-refractivity contribution < 1.29 is 21.9 Å². The summed E-state index contributed by atoms with van der Waals surface area (Å²) in [6, 6.07) is 2.50. The lowest BCUT2D eigenvalue weighted by Gasteiger charge is -2.36. The van der Waals surface area contributed by atoms with Gasteiger partial charge in [-0.1, -0.05) is 0 Å². The number of ether oxygens (including phenoxy) is 1. The summed E-state index contributed by atoms with van der Waals surface area (Å²) in [7, 11) is -4.01. The Hall–Kier alpha value is -1.09. The molecule has 8 heteroatoms. The van der Waals surface area contributed by atoms with E-state index in [9.17, 15) is 17.2 Å². The van der Waals surface area contributed by atoms with E-state index in [0.717, 1.165) is 50.6 Å². The van der Waals surface area contributed by atoms with Gasteiger partial charge in [0, 0.05) is 39.3 Å². The molecule has 3 rings (SSSR count). The molecule has 0 spiro atoms. The van der Waals surface area contributed by atoms with E-state index >= 15 is 0 Å². The van der Waals surface area contributed by atoms with E-state index < -0.39 is 26.6 Å². The molecule has 1 aromatic carbocycles. The van der Waals surface area contributed by atoms with Gasteiger partial charge in [0.1, 0.15) is 16.5 Å². The monoisotopic (exact) mass is 360 g/mol. The Balaban J connectivity index is 1.62. The van der Waals surface area contributed by atoms with Crippen LogP contribution in [0, 0.1) is 11.6 Å². The molecule has 24 heavy (non-hydrogen) atoms. The third-order valence-corrected chi connectivity index (χ3v) is 6.49. The molecule has 2 aliphatic rings. The van der Waals surface area contributed by atoms with Gasteiger partial charge in [-0.2, -0.15) is 4.31 Å². The maximum Gasteiger partial charge on any atom is 0.246 e. The maximum absolute atomic E-state index is 13.8. The van der Waals surface area contributed by atoms with Crippen molar-refractivity contribution in [3.8, 4) is 0 Å². The predicted octanol–water partition coefficient (Wildman–Crippen LogP) is 1.84. The van der Waals surface area contributed by atoms with Crippen LogP contribution in [0.2, 0.25) is 0 Å². The predicted molar refractivity (Wildman–Crippen MR) is 85.1 cm³/mol. The first kappa shape index (κ1) is 17.7. The van der Waals surface area contributed by atoms with Crippen molar-refractivity contribution >= 4 is 10.0 Å². The van der Waals surface area contributed by atoms with Crippen molar-refractivity contribution in [1.29, 1.82) is 0 Å². The van der Waals surface area contributed by atoms with Gasteiger partial charge >= 0.3 is 0 Å². The molecular weight excluding hydrogens is 338 g/mol. The number of rotatable bonds is 4. The fourth-order valence-electron chi connectivity index (χ4n) is 3.21. The second-order valence-electron chi connectivity index (χ2n) is 6.27. The molecule has 2 saturated heterocycles. The topological polar surface area (TPSA) is 49.9 Å². The fourth-order valence-corrected chi connectivity index (χ4v) is 4.70. The maximum atomic E-state index is 13.8. The van der Waals surface area contributed by atoms with Gasteiger partial charge in [0.05, 0.1) is 6.10 Å². The summed E-state index contributed by atoms with van der Waals surface area (Å²) in [6.45, 7) is 3.25. The number of nitrogens with zero attached hydrogens (tertiary/aromatic N) is 2. The molecule has 0 radical (unpaired) electrons. The summed E-state index contributed by atoms with van der Waals surface area (Å²) in [5.41, 5.74) is 0. The molecule has 0 aromatic heterocycles. The van der Waals surface area contributed by atoms with Gasteiger partial charge in [-0.3, -0.25) is 4.90 Å². The zero-order valence-electron chi connectivity index (χ0n) is 13.5. The van der Waals surface area contributed by atoms with Crippen molar-refractivity contribution in [1.82, 2.24) is 9.21 Å².